The molecule has 14 aromatic rings. The first-order valence-corrected chi connectivity index (χ1v) is 26.2. The maximum Gasteiger partial charge on any atom is 0.179 e. The summed E-state index contributed by atoms with van der Waals surface area (Å²) in [6.45, 7) is 0. The van der Waals surface area contributed by atoms with Gasteiger partial charge in [0.1, 0.15) is 0 Å². The molecule has 0 saturated carbocycles. The Kier molecular flexibility index (Phi) is 9.23. The van der Waals surface area contributed by atoms with Crippen LogP contribution in [0.25, 0.3) is 93.6 Å². The summed E-state index contributed by atoms with van der Waals surface area (Å²) >= 11 is 0. The Hall–Kier alpha value is -8.96. The van der Waals surface area contributed by atoms with Crippen molar-refractivity contribution in [3.8, 4) is 28.2 Å². The molecule has 0 aliphatic rings. The second-order valence-electron chi connectivity index (χ2n) is 18.4. The van der Waals surface area contributed by atoms with E-state index in [1.54, 1.807) is 0 Å². The normalized spacial score (nSPS) is 12.0. The van der Waals surface area contributed by atoms with Gasteiger partial charge in [0.05, 0.1) is 50.2 Å². The maximum atomic E-state index is 2.57. The minimum Gasteiger partial charge on any atom is -0.309 e. The average molecular weight is 908 g/mol. The van der Waals surface area contributed by atoms with Crippen molar-refractivity contribution in [2.24, 2.45) is 0 Å². The lowest BCUT2D eigenvalue weighted by Crippen LogP contribution is -2.74. The monoisotopic (exact) mass is 907 g/mol. The van der Waals surface area contributed by atoms with Crippen molar-refractivity contribution >= 4 is 94.2 Å². The summed E-state index contributed by atoms with van der Waals surface area (Å²) in [5.74, 6) is 0. The zero-order valence-corrected chi connectivity index (χ0v) is 39.3. The standard InChI is InChI=1S/C66H45N3Si/c1-5-23-46(24-6-1)51-31-13-17-36-57(51)69-60-39-20-16-34-54(60)55-35-21-42-64(66(55)69)68-61-44-43-50(70(47-25-7-2-8-26-47,48-27-9-3-10-28-48)49-29-11-4-12-30-49)45-56(61)65-62(40-22-41-63(65)68)67-58-37-18-14-32-52(58)53-33-15-19-38-59(53)67/h1-45H. The third kappa shape index (κ3) is 5.87. The van der Waals surface area contributed by atoms with E-state index in [0.29, 0.717) is 0 Å². The van der Waals surface area contributed by atoms with Crippen LogP contribution in [-0.2, 0) is 0 Å². The van der Waals surface area contributed by atoms with Crippen LogP contribution in [-0.4, -0.2) is 21.8 Å². The van der Waals surface area contributed by atoms with Crippen LogP contribution in [0.1, 0.15) is 0 Å². The van der Waals surface area contributed by atoms with Gasteiger partial charge in [-0.1, -0.05) is 224 Å². The van der Waals surface area contributed by atoms with Gasteiger partial charge >= 0.3 is 0 Å². The lowest BCUT2D eigenvalue weighted by molar-refractivity contribution is 1.13. The van der Waals surface area contributed by atoms with Crippen LogP contribution in [0.2, 0.25) is 0 Å². The van der Waals surface area contributed by atoms with Crippen LogP contribution < -0.4 is 20.7 Å². The minimum atomic E-state index is -2.92. The summed E-state index contributed by atoms with van der Waals surface area (Å²) in [5.41, 5.74) is 12.8. The fourth-order valence-corrected chi connectivity index (χ4v) is 16.7. The lowest BCUT2D eigenvalue weighted by Gasteiger charge is -2.34. The lowest BCUT2D eigenvalue weighted by atomic mass is 10.0. The summed E-state index contributed by atoms with van der Waals surface area (Å²) in [7, 11) is -2.92. The first-order valence-electron chi connectivity index (χ1n) is 24.2. The number of aromatic nitrogens is 3. The van der Waals surface area contributed by atoms with Crippen molar-refractivity contribution in [1.82, 2.24) is 13.7 Å². The van der Waals surface area contributed by atoms with E-state index in [-0.39, 0.29) is 0 Å². The number of rotatable bonds is 8. The summed E-state index contributed by atoms with van der Waals surface area (Å²) in [6.07, 6.45) is 0. The van der Waals surface area contributed by atoms with Crippen LogP contribution in [0, 0.1) is 0 Å². The summed E-state index contributed by atoms with van der Waals surface area (Å²) in [6, 6.07) is 101. The predicted octanol–water partition coefficient (Wildman–Crippen LogP) is 14.0. The number of nitrogens with zero attached hydrogens (tertiary/aromatic N) is 3. The molecule has 0 aliphatic heterocycles. The average Bonchev–Trinajstić information content (AvgIpc) is 4.08. The van der Waals surface area contributed by atoms with Gasteiger partial charge in [-0.15, -0.1) is 0 Å². The second-order valence-corrected chi connectivity index (χ2v) is 22.2. The van der Waals surface area contributed by atoms with E-state index in [1.165, 1.54) is 86.3 Å². The molecule has 0 N–H and O–H groups in total. The van der Waals surface area contributed by atoms with E-state index in [4.69, 9.17) is 0 Å². The Labute approximate surface area is 407 Å². The first kappa shape index (κ1) is 40.1. The Balaban J connectivity index is 1.16. The van der Waals surface area contributed by atoms with Gasteiger partial charge in [-0.25, -0.2) is 0 Å². The van der Waals surface area contributed by atoms with Gasteiger partial charge in [0.2, 0.25) is 0 Å². The topological polar surface area (TPSA) is 14.8 Å². The summed E-state index contributed by atoms with van der Waals surface area (Å²) < 4.78 is 7.59. The van der Waals surface area contributed by atoms with Crippen LogP contribution >= 0.6 is 0 Å². The van der Waals surface area contributed by atoms with E-state index < -0.39 is 8.07 Å². The number of hydrogen-bond donors (Lipinski definition) is 0. The van der Waals surface area contributed by atoms with Crippen molar-refractivity contribution in [3.63, 3.8) is 0 Å². The third-order valence-electron chi connectivity index (χ3n) is 14.8. The number of hydrogen-bond acceptors (Lipinski definition) is 0. The summed E-state index contributed by atoms with van der Waals surface area (Å²) in [4.78, 5) is 0. The van der Waals surface area contributed by atoms with E-state index in [0.717, 1.165) is 28.1 Å². The highest BCUT2D eigenvalue weighted by atomic mass is 28.3. The predicted molar refractivity (Wildman–Crippen MR) is 299 cm³/mol. The highest BCUT2D eigenvalue weighted by Gasteiger charge is 2.42. The molecular formula is C66H45N3Si. The molecule has 0 amide bonds. The van der Waals surface area contributed by atoms with E-state index in [1.807, 2.05) is 0 Å². The molecule has 0 saturated heterocycles. The zero-order chi connectivity index (χ0) is 46.2. The molecule has 0 atom stereocenters. The van der Waals surface area contributed by atoms with Crippen molar-refractivity contribution in [1.29, 1.82) is 0 Å². The molecular weight excluding hydrogens is 863 g/mol. The molecule has 328 valence electrons. The molecule has 0 aliphatic carbocycles. The number of benzene rings is 11. The highest BCUT2D eigenvalue weighted by molar-refractivity contribution is 7.20. The minimum absolute atomic E-state index is 1.13. The van der Waals surface area contributed by atoms with Gasteiger partial charge < -0.3 is 13.7 Å². The third-order valence-corrected chi connectivity index (χ3v) is 19.6. The zero-order valence-electron chi connectivity index (χ0n) is 38.3. The SMILES string of the molecule is c1ccc(-c2ccccc2-n2c3ccccc3c3cccc(-n4c5ccc([Si](c6ccccc6)(c6ccccc6)c6ccccc6)cc5c5c(-n6c7ccccc7c7ccccc76)cccc54)c32)cc1. The molecule has 3 aromatic heterocycles. The van der Waals surface area contributed by atoms with Crippen LogP contribution in [0.5, 0.6) is 0 Å². The van der Waals surface area contributed by atoms with Gasteiger partial charge in [0.15, 0.2) is 8.07 Å². The largest absolute Gasteiger partial charge is 0.309 e. The fourth-order valence-electron chi connectivity index (χ4n) is 11.9. The molecule has 3 heterocycles. The fraction of sp³-hybridized carbons (Fsp3) is 0. The second kappa shape index (κ2) is 16.1. The van der Waals surface area contributed by atoms with E-state index >= 15 is 0 Å². The maximum absolute atomic E-state index is 2.92. The Bertz CT molecular complexity index is 4130. The molecule has 0 fully saturated rings. The highest BCUT2D eigenvalue weighted by Crippen LogP contribution is 2.44. The molecule has 70 heavy (non-hydrogen) atoms. The number of fused-ring (bicyclic) bond motifs is 9. The van der Waals surface area contributed by atoms with Gasteiger partial charge in [-0.2, -0.15) is 0 Å². The molecule has 11 aromatic carbocycles. The Morgan fingerprint density at radius 2 is 0.657 bits per heavy atom. The smallest absolute Gasteiger partial charge is 0.179 e. The van der Waals surface area contributed by atoms with Gasteiger partial charge in [0.25, 0.3) is 0 Å². The van der Waals surface area contributed by atoms with Crippen LogP contribution in [0.3, 0.4) is 0 Å². The van der Waals surface area contributed by atoms with Crippen LogP contribution in [0.15, 0.2) is 273 Å². The van der Waals surface area contributed by atoms with Crippen molar-refractivity contribution in [2.45, 2.75) is 0 Å². The molecule has 0 spiro atoms. The first-order chi connectivity index (χ1) is 34.8. The molecule has 0 bridgehead atoms. The van der Waals surface area contributed by atoms with Crippen LogP contribution in [0.4, 0.5) is 0 Å². The van der Waals surface area contributed by atoms with E-state index in [2.05, 4.69) is 287 Å². The van der Waals surface area contributed by atoms with Gasteiger partial charge in [0, 0.05) is 37.9 Å². The quantitative estimate of drug-likeness (QED) is 0.107. The molecule has 3 nitrogen and oxygen atoms in total. The summed E-state index contributed by atoms with van der Waals surface area (Å²) in [5, 5.41) is 12.7. The molecule has 14 rings (SSSR count). The van der Waals surface area contributed by atoms with Gasteiger partial charge in [-0.3, -0.25) is 0 Å². The Morgan fingerprint density at radius 1 is 0.243 bits per heavy atom. The molecule has 0 unspecified atom stereocenters. The van der Waals surface area contributed by atoms with Crippen molar-refractivity contribution in [2.75, 3.05) is 0 Å². The van der Waals surface area contributed by atoms with Gasteiger partial charge in [-0.05, 0) is 74.8 Å². The molecule has 0 radical (unpaired) electrons. The van der Waals surface area contributed by atoms with E-state index in [9.17, 15) is 0 Å². The number of para-hydroxylation sites is 5. The van der Waals surface area contributed by atoms with Crippen molar-refractivity contribution < 1.29 is 0 Å². The van der Waals surface area contributed by atoms with Crippen molar-refractivity contribution in [3.05, 3.63) is 273 Å². The Morgan fingerprint density at radius 3 is 1.27 bits per heavy atom. The molecule has 4 heteroatoms.